The first-order valence-electron chi connectivity index (χ1n) is 6.30. The fraction of sp³-hybridized carbons (Fsp3) is 0.429. The van der Waals surface area contributed by atoms with E-state index in [2.05, 4.69) is 10.6 Å². The molecule has 0 radical (unpaired) electrons. The molecule has 0 saturated heterocycles. The lowest BCUT2D eigenvalue weighted by atomic mass is 10.1. The Kier molecular flexibility index (Phi) is 5.37. The number of amides is 2. The highest BCUT2D eigenvalue weighted by molar-refractivity contribution is 5.93. The molecule has 20 heavy (non-hydrogen) atoms. The molecule has 6 nitrogen and oxygen atoms in total. The van der Waals surface area contributed by atoms with Crippen molar-refractivity contribution in [2.75, 3.05) is 12.4 Å². The van der Waals surface area contributed by atoms with E-state index in [0.717, 1.165) is 5.56 Å². The number of nitrogens with one attached hydrogen (secondary N) is 2. The summed E-state index contributed by atoms with van der Waals surface area (Å²) in [6.07, 6.45) is 0. The van der Waals surface area contributed by atoms with Crippen molar-refractivity contribution in [2.24, 2.45) is 5.92 Å². The number of ether oxygens (including phenoxy) is 1. The normalized spacial score (nSPS) is 11.8. The van der Waals surface area contributed by atoms with Gasteiger partial charge < -0.3 is 20.5 Å². The number of anilines is 1. The molecule has 0 heterocycles. The van der Waals surface area contributed by atoms with Crippen LogP contribution in [0.3, 0.4) is 0 Å². The van der Waals surface area contributed by atoms with Crippen molar-refractivity contribution in [2.45, 2.75) is 26.8 Å². The minimum absolute atomic E-state index is 0.199. The second-order valence-corrected chi connectivity index (χ2v) is 4.84. The van der Waals surface area contributed by atoms with Gasteiger partial charge in [-0.05, 0) is 36.6 Å². The Bertz CT molecular complexity index is 500. The van der Waals surface area contributed by atoms with Crippen LogP contribution in [-0.4, -0.2) is 30.3 Å². The van der Waals surface area contributed by atoms with Crippen molar-refractivity contribution in [1.82, 2.24) is 5.32 Å². The van der Waals surface area contributed by atoms with Gasteiger partial charge in [-0.1, -0.05) is 13.8 Å². The van der Waals surface area contributed by atoms with E-state index in [4.69, 9.17) is 9.84 Å². The molecule has 1 atom stereocenters. The molecular weight excluding hydrogens is 260 g/mol. The maximum atomic E-state index is 11.8. The van der Waals surface area contributed by atoms with E-state index < -0.39 is 18.0 Å². The highest BCUT2D eigenvalue weighted by atomic mass is 16.5. The Morgan fingerprint density at radius 3 is 2.40 bits per heavy atom. The second-order valence-electron chi connectivity index (χ2n) is 4.84. The van der Waals surface area contributed by atoms with Crippen LogP contribution in [0.15, 0.2) is 18.2 Å². The summed E-state index contributed by atoms with van der Waals surface area (Å²) < 4.78 is 5.08. The van der Waals surface area contributed by atoms with E-state index in [9.17, 15) is 9.59 Å². The zero-order valence-electron chi connectivity index (χ0n) is 12.1. The van der Waals surface area contributed by atoms with Crippen LogP contribution in [0.4, 0.5) is 10.5 Å². The van der Waals surface area contributed by atoms with Crippen LogP contribution >= 0.6 is 0 Å². The van der Waals surface area contributed by atoms with Crippen LogP contribution in [0.25, 0.3) is 0 Å². The molecule has 0 bridgehead atoms. The van der Waals surface area contributed by atoms with Gasteiger partial charge in [0.1, 0.15) is 11.8 Å². The summed E-state index contributed by atoms with van der Waals surface area (Å²) in [5, 5.41) is 14.1. The molecule has 1 rings (SSSR count). The van der Waals surface area contributed by atoms with Crippen molar-refractivity contribution in [1.29, 1.82) is 0 Å². The first-order chi connectivity index (χ1) is 9.35. The standard InChI is InChI=1S/C14H20N2O4/c1-8(2)12(13(17)18)16-14(19)15-11-6-5-10(20-4)7-9(11)3/h5-8,12H,1-4H3,(H,17,18)(H2,15,16,19)/t12-/m1/s1. The lowest BCUT2D eigenvalue weighted by Crippen LogP contribution is -2.46. The van der Waals surface area contributed by atoms with E-state index in [0.29, 0.717) is 11.4 Å². The third-order valence-corrected chi connectivity index (χ3v) is 2.90. The number of carboxylic acids is 1. The maximum absolute atomic E-state index is 11.8. The number of urea groups is 1. The zero-order valence-corrected chi connectivity index (χ0v) is 12.1. The number of benzene rings is 1. The van der Waals surface area contributed by atoms with E-state index in [1.807, 2.05) is 6.92 Å². The Morgan fingerprint density at radius 1 is 1.30 bits per heavy atom. The van der Waals surface area contributed by atoms with Crippen molar-refractivity contribution >= 4 is 17.7 Å². The van der Waals surface area contributed by atoms with Gasteiger partial charge in [0.05, 0.1) is 7.11 Å². The first kappa shape index (κ1) is 15.8. The zero-order chi connectivity index (χ0) is 15.3. The molecule has 0 aromatic heterocycles. The summed E-state index contributed by atoms with van der Waals surface area (Å²) in [7, 11) is 1.56. The predicted octanol–water partition coefficient (Wildman–Crippen LogP) is 2.23. The predicted molar refractivity (Wildman–Crippen MR) is 76.1 cm³/mol. The maximum Gasteiger partial charge on any atom is 0.326 e. The molecule has 1 aromatic carbocycles. The topological polar surface area (TPSA) is 87.7 Å². The minimum Gasteiger partial charge on any atom is -0.497 e. The van der Waals surface area contributed by atoms with E-state index in [1.165, 1.54) is 0 Å². The smallest absolute Gasteiger partial charge is 0.326 e. The number of carbonyl (C=O) groups is 2. The van der Waals surface area contributed by atoms with Gasteiger partial charge in [-0.15, -0.1) is 0 Å². The summed E-state index contributed by atoms with van der Waals surface area (Å²) in [6.45, 7) is 5.30. The molecule has 3 N–H and O–H groups in total. The van der Waals surface area contributed by atoms with Gasteiger partial charge >= 0.3 is 12.0 Å². The average molecular weight is 280 g/mol. The highest BCUT2D eigenvalue weighted by Gasteiger charge is 2.23. The minimum atomic E-state index is -1.05. The van der Waals surface area contributed by atoms with Gasteiger partial charge in [0.15, 0.2) is 0 Å². The van der Waals surface area contributed by atoms with Gasteiger partial charge in [0, 0.05) is 5.69 Å². The second kappa shape index (κ2) is 6.79. The van der Waals surface area contributed by atoms with Gasteiger partial charge in [0.25, 0.3) is 0 Å². The summed E-state index contributed by atoms with van der Waals surface area (Å²) in [5.74, 6) is -0.559. The van der Waals surface area contributed by atoms with Crippen molar-refractivity contribution < 1.29 is 19.4 Å². The third kappa shape index (κ3) is 4.15. The average Bonchev–Trinajstić information content (AvgIpc) is 2.37. The summed E-state index contributed by atoms with van der Waals surface area (Å²) in [5.41, 5.74) is 1.44. The number of hydrogen-bond acceptors (Lipinski definition) is 3. The van der Waals surface area contributed by atoms with E-state index in [1.54, 1.807) is 39.2 Å². The van der Waals surface area contributed by atoms with Crippen molar-refractivity contribution in [3.05, 3.63) is 23.8 Å². The molecule has 0 saturated carbocycles. The van der Waals surface area contributed by atoms with E-state index in [-0.39, 0.29) is 5.92 Å². The molecule has 2 amide bonds. The number of hydrogen-bond donors (Lipinski definition) is 3. The molecule has 0 aliphatic heterocycles. The summed E-state index contributed by atoms with van der Waals surface area (Å²) in [6, 6.07) is 3.75. The molecule has 6 heteroatoms. The highest BCUT2D eigenvalue weighted by Crippen LogP contribution is 2.20. The molecule has 0 fully saturated rings. The van der Waals surface area contributed by atoms with E-state index >= 15 is 0 Å². The Hall–Kier alpha value is -2.24. The number of carboxylic acid groups (broad SMARTS) is 1. The van der Waals surface area contributed by atoms with Crippen LogP contribution in [0, 0.1) is 12.8 Å². The van der Waals surface area contributed by atoms with Gasteiger partial charge in [0.2, 0.25) is 0 Å². The van der Waals surface area contributed by atoms with Gasteiger partial charge in [-0.3, -0.25) is 0 Å². The van der Waals surface area contributed by atoms with Crippen LogP contribution in [-0.2, 0) is 4.79 Å². The fourth-order valence-corrected chi connectivity index (χ4v) is 1.72. The monoisotopic (exact) mass is 280 g/mol. The van der Waals surface area contributed by atoms with Crippen molar-refractivity contribution in [3.8, 4) is 5.75 Å². The number of aliphatic carboxylic acids is 1. The number of carbonyl (C=O) groups excluding carboxylic acids is 1. The molecular formula is C14H20N2O4. The fourth-order valence-electron chi connectivity index (χ4n) is 1.72. The van der Waals surface area contributed by atoms with Crippen LogP contribution in [0.1, 0.15) is 19.4 Å². The molecule has 0 aliphatic rings. The number of rotatable bonds is 5. The van der Waals surface area contributed by atoms with Crippen LogP contribution in [0.5, 0.6) is 5.75 Å². The lowest BCUT2D eigenvalue weighted by molar-refractivity contribution is -0.140. The molecule has 110 valence electrons. The third-order valence-electron chi connectivity index (χ3n) is 2.90. The SMILES string of the molecule is COc1ccc(NC(=O)N[C@@H](C(=O)O)C(C)C)c(C)c1. The van der Waals surface area contributed by atoms with Crippen molar-refractivity contribution in [3.63, 3.8) is 0 Å². The number of aryl methyl sites for hydroxylation is 1. The molecule has 0 unspecified atom stereocenters. The van der Waals surface area contributed by atoms with Gasteiger partial charge in [-0.25, -0.2) is 9.59 Å². The summed E-state index contributed by atoms with van der Waals surface area (Å²) in [4.78, 5) is 22.8. The first-order valence-corrected chi connectivity index (χ1v) is 6.30. The Labute approximate surface area is 118 Å². The molecule has 0 spiro atoms. The largest absolute Gasteiger partial charge is 0.497 e. The quantitative estimate of drug-likeness (QED) is 0.771. The van der Waals surface area contributed by atoms with Crippen LogP contribution < -0.4 is 15.4 Å². The lowest BCUT2D eigenvalue weighted by Gasteiger charge is -2.18. The number of methoxy groups -OCH3 is 1. The molecule has 1 aromatic rings. The Balaban J connectivity index is 2.73. The molecule has 0 aliphatic carbocycles. The van der Waals surface area contributed by atoms with Gasteiger partial charge in [-0.2, -0.15) is 0 Å². The summed E-state index contributed by atoms with van der Waals surface area (Å²) >= 11 is 0. The van der Waals surface area contributed by atoms with Crippen LogP contribution in [0.2, 0.25) is 0 Å². The Morgan fingerprint density at radius 2 is 1.95 bits per heavy atom.